The Morgan fingerprint density at radius 2 is 1.64 bits per heavy atom. The molecular weight excluding hydrogens is 646 g/mol. The van der Waals surface area contributed by atoms with E-state index in [4.69, 9.17) is 9.47 Å². The first-order valence-corrected chi connectivity index (χ1v) is 17.4. The molecule has 5 rings (SSSR count). The van der Waals surface area contributed by atoms with Crippen LogP contribution in [0.25, 0.3) is 0 Å². The molecule has 2 aliphatic rings. The number of benzene rings is 3. The van der Waals surface area contributed by atoms with E-state index in [0.29, 0.717) is 17.2 Å². The fourth-order valence-electron chi connectivity index (χ4n) is 5.64. The Balaban J connectivity index is 1.51. The molecule has 1 heterocycles. The van der Waals surface area contributed by atoms with Crippen LogP contribution in [0.2, 0.25) is 0 Å². The molecule has 1 fully saturated rings. The molecule has 44 heavy (non-hydrogen) atoms. The number of carbonyl (C=O) groups excluding carboxylic acids is 2. The smallest absolute Gasteiger partial charge is 0.244 e. The van der Waals surface area contributed by atoms with Crippen LogP contribution in [-0.2, 0) is 32.6 Å². The van der Waals surface area contributed by atoms with Crippen LogP contribution in [0.5, 0.6) is 11.5 Å². The Kier molecular flexibility index (Phi) is 10.5. The fourth-order valence-corrected chi connectivity index (χ4v) is 6.96. The average molecular weight is 685 g/mol. The highest BCUT2D eigenvalue weighted by Crippen LogP contribution is 2.36. The van der Waals surface area contributed by atoms with E-state index in [1.807, 2.05) is 54.6 Å². The summed E-state index contributed by atoms with van der Waals surface area (Å²) >= 11 is 3.46. The average Bonchev–Trinajstić information content (AvgIpc) is 3.51. The highest BCUT2D eigenvalue weighted by Gasteiger charge is 2.35. The predicted octanol–water partition coefficient (Wildman–Crippen LogP) is 5.42. The standard InChI is InChI=1S/C33H38BrN3O6S/c1-2-44(40,41)37(28-17-18-30-31(20-28)43-23-42-30)22-32(38)36(21-25-13-15-26(34)16-14-25)29(19-24-9-5-3-6-10-24)33(39)35-27-11-7-4-8-12-27/h3,5-6,9-10,13-18,20,27,29H,2,4,7-8,11-12,19,21-23H2,1H3,(H,35,39)/t29-/m0/s1. The van der Waals surface area contributed by atoms with Crippen LogP contribution in [0.4, 0.5) is 5.69 Å². The van der Waals surface area contributed by atoms with Crippen molar-refractivity contribution in [2.75, 3.05) is 23.4 Å². The molecule has 3 aromatic carbocycles. The van der Waals surface area contributed by atoms with Crippen molar-refractivity contribution in [3.63, 3.8) is 0 Å². The number of hydrogen-bond donors (Lipinski definition) is 1. The van der Waals surface area contributed by atoms with Crippen molar-refractivity contribution in [1.29, 1.82) is 0 Å². The first kappa shape index (κ1) is 31.8. The van der Waals surface area contributed by atoms with Gasteiger partial charge >= 0.3 is 0 Å². The number of rotatable bonds is 12. The molecule has 234 valence electrons. The molecule has 1 atom stereocenters. The molecule has 0 saturated heterocycles. The summed E-state index contributed by atoms with van der Waals surface area (Å²) < 4.78 is 39.7. The van der Waals surface area contributed by atoms with Crippen LogP contribution < -0.4 is 19.1 Å². The third kappa shape index (κ3) is 7.92. The van der Waals surface area contributed by atoms with Gasteiger partial charge in [-0.1, -0.05) is 77.7 Å². The quantitative estimate of drug-likeness (QED) is 0.273. The number of nitrogens with zero attached hydrogens (tertiary/aromatic N) is 2. The minimum Gasteiger partial charge on any atom is -0.454 e. The Bertz CT molecular complexity index is 1550. The van der Waals surface area contributed by atoms with Crippen molar-refractivity contribution in [2.24, 2.45) is 0 Å². The molecule has 1 aliphatic carbocycles. The molecular formula is C33H38BrN3O6S. The van der Waals surface area contributed by atoms with E-state index in [2.05, 4.69) is 21.2 Å². The summed E-state index contributed by atoms with van der Waals surface area (Å²) in [6, 6.07) is 21.1. The SMILES string of the molecule is CCS(=O)(=O)N(CC(=O)N(Cc1ccc(Br)cc1)[C@@H](Cc1ccccc1)C(=O)NC1CCCCC1)c1ccc2c(c1)OCO2. The minimum absolute atomic E-state index is 0.0382. The first-order chi connectivity index (χ1) is 21.2. The van der Waals surface area contributed by atoms with Crippen LogP contribution in [0.15, 0.2) is 77.3 Å². The Labute approximate surface area is 267 Å². The van der Waals surface area contributed by atoms with E-state index >= 15 is 0 Å². The molecule has 2 amide bonds. The van der Waals surface area contributed by atoms with Gasteiger partial charge in [0.2, 0.25) is 28.6 Å². The number of sulfonamides is 1. The maximum atomic E-state index is 14.4. The highest BCUT2D eigenvalue weighted by atomic mass is 79.9. The fraction of sp³-hybridized carbons (Fsp3) is 0.394. The maximum Gasteiger partial charge on any atom is 0.244 e. The Hall–Kier alpha value is -3.57. The van der Waals surface area contributed by atoms with Crippen molar-refractivity contribution in [2.45, 2.75) is 64.1 Å². The monoisotopic (exact) mass is 683 g/mol. The third-order valence-corrected chi connectivity index (χ3v) is 10.4. The Morgan fingerprint density at radius 3 is 2.34 bits per heavy atom. The number of carbonyl (C=O) groups is 2. The molecule has 1 N–H and O–H groups in total. The van der Waals surface area contributed by atoms with Gasteiger partial charge in [0.05, 0.1) is 11.4 Å². The van der Waals surface area contributed by atoms with Crippen molar-refractivity contribution in [3.05, 3.63) is 88.4 Å². The maximum absolute atomic E-state index is 14.4. The number of amides is 2. The van der Waals surface area contributed by atoms with Gasteiger partial charge in [0.1, 0.15) is 12.6 Å². The van der Waals surface area contributed by atoms with Gasteiger partial charge in [-0.25, -0.2) is 8.42 Å². The number of halogens is 1. The Morgan fingerprint density at radius 1 is 0.932 bits per heavy atom. The number of nitrogens with one attached hydrogen (secondary N) is 1. The van der Waals surface area contributed by atoms with Crippen LogP contribution in [0.1, 0.15) is 50.2 Å². The van der Waals surface area contributed by atoms with Crippen molar-refractivity contribution >= 4 is 43.5 Å². The third-order valence-electron chi connectivity index (χ3n) is 8.11. The van der Waals surface area contributed by atoms with Gasteiger partial charge in [-0.3, -0.25) is 13.9 Å². The van der Waals surface area contributed by atoms with E-state index in [1.54, 1.807) is 18.2 Å². The van der Waals surface area contributed by atoms with E-state index in [1.165, 1.54) is 11.8 Å². The zero-order chi connectivity index (χ0) is 31.1. The largest absolute Gasteiger partial charge is 0.454 e. The lowest BCUT2D eigenvalue weighted by Gasteiger charge is -2.35. The van der Waals surface area contributed by atoms with E-state index in [9.17, 15) is 18.0 Å². The van der Waals surface area contributed by atoms with Crippen LogP contribution >= 0.6 is 15.9 Å². The summed E-state index contributed by atoms with van der Waals surface area (Å²) in [5, 5.41) is 3.22. The second-order valence-electron chi connectivity index (χ2n) is 11.1. The van der Waals surface area contributed by atoms with Gasteiger partial charge in [-0.05, 0) is 55.2 Å². The topological polar surface area (TPSA) is 105 Å². The normalized spacial score (nSPS) is 15.4. The summed E-state index contributed by atoms with van der Waals surface area (Å²) in [5.74, 6) is -0.0155. The summed E-state index contributed by atoms with van der Waals surface area (Å²) in [4.78, 5) is 30.0. The highest BCUT2D eigenvalue weighted by molar-refractivity contribution is 9.10. The summed E-state index contributed by atoms with van der Waals surface area (Å²) in [6.07, 6.45) is 5.33. The molecule has 9 nitrogen and oxygen atoms in total. The van der Waals surface area contributed by atoms with Gasteiger partial charge in [-0.15, -0.1) is 0 Å². The molecule has 0 radical (unpaired) electrons. The summed E-state index contributed by atoms with van der Waals surface area (Å²) in [6.45, 7) is 1.23. The molecule has 1 aliphatic heterocycles. The van der Waals surface area contributed by atoms with Crippen LogP contribution in [0, 0.1) is 0 Å². The van der Waals surface area contributed by atoms with Gasteiger partial charge in [-0.2, -0.15) is 0 Å². The zero-order valence-electron chi connectivity index (χ0n) is 24.8. The van der Waals surface area contributed by atoms with E-state index in [0.717, 1.165) is 52.0 Å². The minimum atomic E-state index is -3.88. The van der Waals surface area contributed by atoms with Crippen LogP contribution in [0.3, 0.4) is 0 Å². The van der Waals surface area contributed by atoms with E-state index in [-0.39, 0.29) is 37.5 Å². The van der Waals surface area contributed by atoms with Crippen molar-refractivity contribution in [3.8, 4) is 11.5 Å². The number of hydrogen-bond acceptors (Lipinski definition) is 6. The van der Waals surface area contributed by atoms with Gasteiger partial charge < -0.3 is 19.7 Å². The zero-order valence-corrected chi connectivity index (χ0v) is 27.2. The van der Waals surface area contributed by atoms with Crippen molar-refractivity contribution < 1.29 is 27.5 Å². The van der Waals surface area contributed by atoms with Gasteiger partial charge in [0, 0.05) is 29.5 Å². The summed E-state index contributed by atoms with van der Waals surface area (Å²) in [7, 11) is -3.88. The predicted molar refractivity (Wildman–Crippen MR) is 173 cm³/mol. The molecule has 1 saturated carbocycles. The second-order valence-corrected chi connectivity index (χ2v) is 14.2. The molecule has 11 heteroatoms. The van der Waals surface area contributed by atoms with E-state index < -0.39 is 28.5 Å². The molecule has 3 aromatic rings. The van der Waals surface area contributed by atoms with Crippen molar-refractivity contribution in [1.82, 2.24) is 10.2 Å². The number of anilines is 1. The first-order valence-electron chi connectivity index (χ1n) is 15.0. The lowest BCUT2D eigenvalue weighted by Crippen LogP contribution is -2.55. The lowest BCUT2D eigenvalue weighted by molar-refractivity contribution is -0.140. The molecule has 0 bridgehead atoms. The molecule has 0 aromatic heterocycles. The van der Waals surface area contributed by atoms with Crippen LogP contribution in [-0.4, -0.2) is 56.3 Å². The molecule has 0 spiro atoms. The van der Waals surface area contributed by atoms with Gasteiger partial charge in [0.25, 0.3) is 0 Å². The number of ether oxygens (including phenoxy) is 2. The summed E-state index contributed by atoms with van der Waals surface area (Å²) in [5.41, 5.74) is 2.01. The molecule has 0 unspecified atom stereocenters. The lowest BCUT2D eigenvalue weighted by atomic mass is 9.94. The van der Waals surface area contributed by atoms with Gasteiger partial charge in [0.15, 0.2) is 11.5 Å². The second kappa shape index (κ2) is 14.5. The number of fused-ring (bicyclic) bond motifs is 1.